The third kappa shape index (κ3) is 2.72. The molecule has 17 heavy (non-hydrogen) atoms. The van der Waals surface area contributed by atoms with Crippen LogP contribution in [0.3, 0.4) is 0 Å². The molecule has 94 valence electrons. The van der Waals surface area contributed by atoms with Crippen molar-refractivity contribution in [2.75, 3.05) is 25.6 Å². The van der Waals surface area contributed by atoms with Crippen LogP contribution in [-0.4, -0.2) is 26.4 Å². The van der Waals surface area contributed by atoms with Gasteiger partial charge in [-0.05, 0) is 38.3 Å². The van der Waals surface area contributed by atoms with Crippen molar-refractivity contribution in [3.05, 3.63) is 23.3 Å². The Morgan fingerprint density at radius 1 is 1.24 bits per heavy atom. The first-order chi connectivity index (χ1) is 8.22. The minimum atomic E-state index is 0.523. The lowest BCUT2D eigenvalue weighted by Gasteiger charge is -2.25. The molecule has 1 heterocycles. The van der Waals surface area contributed by atoms with E-state index in [-0.39, 0.29) is 0 Å². The fourth-order valence-corrected chi connectivity index (χ4v) is 2.36. The Hall–Kier alpha value is -1.22. The molecule has 0 atom stereocenters. The molecule has 3 heteroatoms. The van der Waals surface area contributed by atoms with Gasteiger partial charge in [-0.3, -0.25) is 0 Å². The highest BCUT2D eigenvalue weighted by molar-refractivity contribution is 5.60. The van der Waals surface area contributed by atoms with Gasteiger partial charge in [0.05, 0.1) is 7.11 Å². The van der Waals surface area contributed by atoms with Crippen LogP contribution < -0.4 is 10.1 Å². The summed E-state index contributed by atoms with van der Waals surface area (Å²) < 4.78 is 10.8. The van der Waals surface area contributed by atoms with E-state index in [1.165, 1.54) is 16.8 Å². The van der Waals surface area contributed by atoms with Gasteiger partial charge in [0.1, 0.15) is 5.75 Å². The molecule has 1 aromatic carbocycles. The summed E-state index contributed by atoms with van der Waals surface area (Å²) in [6.45, 7) is 5.90. The predicted molar refractivity (Wildman–Crippen MR) is 69.9 cm³/mol. The Bertz CT molecular complexity index is 384. The summed E-state index contributed by atoms with van der Waals surface area (Å²) in [4.78, 5) is 0. The monoisotopic (exact) mass is 235 g/mol. The third-order valence-corrected chi connectivity index (χ3v) is 3.39. The molecular formula is C14H21NO2. The average molecular weight is 235 g/mol. The number of hydrogen-bond donors (Lipinski definition) is 1. The van der Waals surface area contributed by atoms with Crippen molar-refractivity contribution in [3.8, 4) is 5.75 Å². The Kier molecular flexibility index (Phi) is 3.89. The van der Waals surface area contributed by atoms with Gasteiger partial charge in [-0.2, -0.15) is 0 Å². The molecule has 0 aliphatic carbocycles. The van der Waals surface area contributed by atoms with Crippen molar-refractivity contribution in [3.63, 3.8) is 0 Å². The molecule has 0 unspecified atom stereocenters. The highest BCUT2D eigenvalue weighted by Crippen LogP contribution is 2.30. The molecule has 1 aliphatic heterocycles. The van der Waals surface area contributed by atoms with Crippen LogP contribution in [0.2, 0.25) is 0 Å². The Morgan fingerprint density at radius 3 is 2.59 bits per heavy atom. The molecule has 0 aromatic heterocycles. The van der Waals surface area contributed by atoms with Gasteiger partial charge < -0.3 is 14.8 Å². The first-order valence-electron chi connectivity index (χ1n) is 6.21. The smallest absolute Gasteiger partial charge is 0.126 e. The van der Waals surface area contributed by atoms with Crippen molar-refractivity contribution in [2.45, 2.75) is 32.7 Å². The number of rotatable bonds is 3. The van der Waals surface area contributed by atoms with Crippen molar-refractivity contribution in [2.24, 2.45) is 0 Å². The second-order valence-electron chi connectivity index (χ2n) is 4.62. The van der Waals surface area contributed by atoms with Gasteiger partial charge in [0.25, 0.3) is 0 Å². The predicted octanol–water partition coefficient (Wildman–Crippen LogP) is 2.90. The van der Waals surface area contributed by atoms with Gasteiger partial charge >= 0.3 is 0 Å². The maximum absolute atomic E-state index is 5.44. The minimum Gasteiger partial charge on any atom is -0.496 e. The quantitative estimate of drug-likeness (QED) is 0.873. The summed E-state index contributed by atoms with van der Waals surface area (Å²) in [7, 11) is 1.73. The SMILES string of the molecule is COc1c(C)ccc(NC2CCOCC2)c1C. The fraction of sp³-hybridized carbons (Fsp3) is 0.571. The van der Waals surface area contributed by atoms with Gasteiger partial charge in [0.15, 0.2) is 0 Å². The van der Waals surface area contributed by atoms with E-state index < -0.39 is 0 Å². The van der Waals surface area contributed by atoms with Crippen LogP contribution in [0, 0.1) is 13.8 Å². The highest BCUT2D eigenvalue weighted by atomic mass is 16.5. The summed E-state index contributed by atoms with van der Waals surface area (Å²) in [5.74, 6) is 0.988. The lowest BCUT2D eigenvalue weighted by atomic mass is 10.1. The lowest BCUT2D eigenvalue weighted by molar-refractivity contribution is 0.0904. The van der Waals surface area contributed by atoms with Crippen LogP contribution in [0.5, 0.6) is 5.75 Å². The van der Waals surface area contributed by atoms with Crippen molar-refractivity contribution < 1.29 is 9.47 Å². The molecule has 1 aromatic rings. The van der Waals surface area contributed by atoms with Crippen LogP contribution in [0.25, 0.3) is 0 Å². The zero-order chi connectivity index (χ0) is 12.3. The molecule has 2 rings (SSSR count). The summed E-state index contributed by atoms with van der Waals surface area (Å²) in [6.07, 6.45) is 2.16. The third-order valence-electron chi connectivity index (χ3n) is 3.39. The van der Waals surface area contributed by atoms with Gasteiger partial charge in [-0.25, -0.2) is 0 Å². The molecular weight excluding hydrogens is 214 g/mol. The van der Waals surface area contributed by atoms with Crippen LogP contribution in [0.1, 0.15) is 24.0 Å². The van der Waals surface area contributed by atoms with E-state index in [1.807, 2.05) is 0 Å². The zero-order valence-electron chi connectivity index (χ0n) is 10.9. The second kappa shape index (κ2) is 5.41. The fourth-order valence-electron chi connectivity index (χ4n) is 2.36. The van der Waals surface area contributed by atoms with E-state index in [4.69, 9.17) is 9.47 Å². The molecule has 0 amide bonds. The van der Waals surface area contributed by atoms with Crippen molar-refractivity contribution in [1.82, 2.24) is 0 Å². The van der Waals surface area contributed by atoms with E-state index in [1.54, 1.807) is 7.11 Å². The van der Waals surface area contributed by atoms with Crippen LogP contribution in [-0.2, 0) is 4.74 Å². The van der Waals surface area contributed by atoms with Gasteiger partial charge in [0.2, 0.25) is 0 Å². The summed E-state index contributed by atoms with van der Waals surface area (Å²) >= 11 is 0. The molecule has 0 bridgehead atoms. The maximum Gasteiger partial charge on any atom is 0.126 e. The van der Waals surface area contributed by atoms with Crippen LogP contribution in [0.15, 0.2) is 12.1 Å². The van der Waals surface area contributed by atoms with E-state index in [2.05, 4.69) is 31.3 Å². The van der Waals surface area contributed by atoms with Gasteiger partial charge in [0, 0.05) is 30.5 Å². The zero-order valence-corrected chi connectivity index (χ0v) is 10.9. The molecule has 1 N–H and O–H groups in total. The number of benzene rings is 1. The average Bonchev–Trinajstić information content (AvgIpc) is 2.35. The molecule has 1 aliphatic rings. The molecule has 0 saturated carbocycles. The number of aryl methyl sites for hydroxylation is 1. The second-order valence-corrected chi connectivity index (χ2v) is 4.62. The topological polar surface area (TPSA) is 30.5 Å². The Labute approximate surface area is 103 Å². The Balaban J connectivity index is 2.15. The molecule has 0 radical (unpaired) electrons. The first-order valence-corrected chi connectivity index (χ1v) is 6.21. The number of methoxy groups -OCH3 is 1. The highest BCUT2D eigenvalue weighted by Gasteiger charge is 2.15. The number of nitrogens with one attached hydrogen (secondary N) is 1. The number of ether oxygens (including phenoxy) is 2. The first kappa shape index (κ1) is 12.2. The lowest BCUT2D eigenvalue weighted by Crippen LogP contribution is -2.28. The van der Waals surface area contributed by atoms with E-state index >= 15 is 0 Å². The number of anilines is 1. The molecule has 1 saturated heterocycles. The largest absolute Gasteiger partial charge is 0.496 e. The maximum atomic E-state index is 5.44. The normalized spacial score (nSPS) is 16.9. The van der Waals surface area contributed by atoms with Crippen LogP contribution >= 0.6 is 0 Å². The van der Waals surface area contributed by atoms with Crippen molar-refractivity contribution >= 4 is 5.69 Å². The van der Waals surface area contributed by atoms with Crippen molar-refractivity contribution in [1.29, 1.82) is 0 Å². The molecule has 0 spiro atoms. The van der Waals surface area contributed by atoms with Gasteiger partial charge in [-0.15, -0.1) is 0 Å². The van der Waals surface area contributed by atoms with Crippen LogP contribution in [0.4, 0.5) is 5.69 Å². The number of hydrogen-bond acceptors (Lipinski definition) is 3. The Morgan fingerprint density at radius 2 is 1.94 bits per heavy atom. The molecule has 3 nitrogen and oxygen atoms in total. The van der Waals surface area contributed by atoms with E-state index in [0.29, 0.717) is 6.04 Å². The minimum absolute atomic E-state index is 0.523. The van der Waals surface area contributed by atoms with E-state index in [0.717, 1.165) is 31.8 Å². The standard InChI is InChI=1S/C14H21NO2/c1-10-4-5-13(11(2)14(10)16-3)15-12-6-8-17-9-7-12/h4-5,12,15H,6-9H2,1-3H3. The molecule has 1 fully saturated rings. The van der Waals surface area contributed by atoms with E-state index in [9.17, 15) is 0 Å². The summed E-state index contributed by atoms with van der Waals surface area (Å²) in [6, 6.07) is 4.77. The summed E-state index contributed by atoms with van der Waals surface area (Å²) in [5, 5.41) is 3.59. The summed E-state index contributed by atoms with van der Waals surface area (Å²) in [5.41, 5.74) is 3.56. The van der Waals surface area contributed by atoms with Gasteiger partial charge in [-0.1, -0.05) is 6.07 Å².